The molecule has 1 radical (unpaired) electrons. The molecule has 0 N–H and O–H groups in total. The molecule has 1 aliphatic rings. The molecule has 1 heterocycles. The van der Waals surface area contributed by atoms with Crippen LogP contribution in [0.4, 0.5) is 0 Å². The summed E-state index contributed by atoms with van der Waals surface area (Å²) in [7, 11) is 0. The van der Waals surface area contributed by atoms with Gasteiger partial charge in [-0.05, 0) is 12.5 Å². The zero-order chi connectivity index (χ0) is 10.8. The quantitative estimate of drug-likeness (QED) is 0.439. The molecule has 15 heavy (non-hydrogen) atoms. The van der Waals surface area contributed by atoms with Crippen LogP contribution >= 0.6 is 0 Å². The van der Waals surface area contributed by atoms with Gasteiger partial charge < -0.3 is 4.90 Å². The Morgan fingerprint density at radius 3 is 2.67 bits per heavy atom. The number of hydrogen-bond acceptors (Lipinski definition) is 1. The van der Waals surface area contributed by atoms with Crippen LogP contribution in [-0.4, -0.2) is 23.9 Å². The molecule has 0 unspecified atom stereocenters. The molecule has 1 fully saturated rings. The van der Waals surface area contributed by atoms with Crippen LogP contribution in [0.1, 0.15) is 33.6 Å². The van der Waals surface area contributed by atoms with E-state index in [1.54, 1.807) is 0 Å². The second kappa shape index (κ2) is 4.63. The van der Waals surface area contributed by atoms with Gasteiger partial charge in [-0.25, -0.2) is 0 Å². The van der Waals surface area contributed by atoms with Crippen molar-refractivity contribution in [3.8, 4) is 0 Å². The van der Waals surface area contributed by atoms with Gasteiger partial charge in [0, 0.05) is 6.54 Å². The Labute approximate surface area is 87.0 Å². The van der Waals surface area contributed by atoms with E-state index in [2.05, 4.69) is 27.4 Å². The van der Waals surface area contributed by atoms with Crippen LogP contribution in [0.3, 0.4) is 0 Å². The van der Waals surface area contributed by atoms with Gasteiger partial charge in [0.15, 0.2) is 0 Å². The first-order valence-corrected chi connectivity index (χ1v) is 5.17. The molecule has 0 aromatic carbocycles. The number of hydrogen-bond donors (Lipinski definition) is 0. The molecule has 3 heteroatoms. The molecule has 0 aromatic heterocycles. The smallest absolute Gasteiger partial charge is 0.243 e. The van der Waals surface area contributed by atoms with E-state index in [-0.39, 0.29) is 5.91 Å². The molecular weight excluding hydrogens is 436 g/mol. The molecule has 0 spiro atoms. The standard InChI is InChI=1S/C12H20NO.Lr/c1-5-11(14)13-7-6-12(3,4)8-10(2)9-13;/h5H,1,6-9H2,2-4H3;/q-1;. The fraction of sp³-hybridized carbons (Fsp3) is 0.667. The van der Waals surface area contributed by atoms with E-state index < -0.39 is 0 Å². The number of likely N-dealkylation sites (tertiary alicyclic amines) is 1. The van der Waals surface area contributed by atoms with Crippen molar-refractivity contribution >= 4 is 5.91 Å². The van der Waals surface area contributed by atoms with Crippen LogP contribution in [0.25, 0.3) is 0 Å². The Morgan fingerprint density at radius 2 is 2.13 bits per heavy atom. The third-order valence-corrected chi connectivity index (χ3v) is 2.79. The molecule has 1 aliphatic heterocycles. The third kappa shape index (κ3) is 3.45. The van der Waals surface area contributed by atoms with Crippen LogP contribution < -0.4 is 0 Å². The van der Waals surface area contributed by atoms with Crippen molar-refractivity contribution in [1.29, 1.82) is 0 Å². The van der Waals surface area contributed by atoms with Crippen molar-refractivity contribution in [3.05, 3.63) is 18.6 Å². The molecule has 95 valence electrons. The largest absolute Gasteiger partial charge is 0.369 e. The molecule has 0 bridgehead atoms. The zero-order valence-corrected chi connectivity index (χ0v) is 11.9. The maximum Gasteiger partial charge on any atom is 0.243 e. The minimum atomic E-state index is 0. The first kappa shape index (κ1) is 13.2. The second-order valence-electron chi connectivity index (χ2n) is 5.01. The van der Waals surface area contributed by atoms with Gasteiger partial charge in [-0.15, -0.1) is 6.54 Å². The van der Waals surface area contributed by atoms with Gasteiger partial charge in [0.1, 0.15) is 0 Å². The van der Waals surface area contributed by atoms with E-state index in [1.165, 1.54) is 12.0 Å². The van der Waals surface area contributed by atoms with E-state index in [0.29, 0.717) is 5.41 Å². The molecule has 0 saturated carbocycles. The normalized spacial score (nSPS) is 21.4. The first-order chi connectivity index (χ1) is 6.44. The Bertz CT molecular complexity index is 238. The Kier molecular flexibility index (Phi) is 4.07. The summed E-state index contributed by atoms with van der Waals surface area (Å²) in [4.78, 5) is 13.4. The average Bonchev–Trinajstić information content (AvgIpc) is 2.22. The number of carbonyl (C=O) groups is 1. The number of carbonyl (C=O) groups excluding carboxylic acids is 1. The predicted octanol–water partition coefficient (Wildman–Crippen LogP) is 2.42. The van der Waals surface area contributed by atoms with E-state index in [1.807, 2.05) is 4.90 Å². The maximum absolute atomic E-state index is 11.5. The van der Waals surface area contributed by atoms with Crippen molar-refractivity contribution in [2.24, 2.45) is 5.41 Å². The van der Waals surface area contributed by atoms with Crippen LogP contribution in [0.15, 0.2) is 12.7 Å². The van der Waals surface area contributed by atoms with E-state index in [4.69, 9.17) is 0 Å². The Balaban J connectivity index is 0.00000196. The van der Waals surface area contributed by atoms with Gasteiger partial charge in [0.2, 0.25) is 5.91 Å². The van der Waals surface area contributed by atoms with Gasteiger partial charge in [0.25, 0.3) is 0 Å². The summed E-state index contributed by atoms with van der Waals surface area (Å²) in [5, 5.41) is 0. The number of amides is 1. The van der Waals surface area contributed by atoms with Crippen molar-refractivity contribution in [1.82, 2.24) is 4.90 Å². The van der Waals surface area contributed by atoms with Gasteiger partial charge in [-0.3, -0.25) is 10.7 Å². The van der Waals surface area contributed by atoms with Crippen LogP contribution in [0, 0.1) is 11.3 Å². The van der Waals surface area contributed by atoms with Crippen LogP contribution in [0.2, 0.25) is 0 Å². The van der Waals surface area contributed by atoms with Crippen LogP contribution in [-0.2, 0) is 4.79 Å². The summed E-state index contributed by atoms with van der Waals surface area (Å²) in [6.45, 7) is 11.8. The van der Waals surface area contributed by atoms with Gasteiger partial charge in [0.05, 0.1) is 0 Å². The zero-order valence-electron chi connectivity index (χ0n) is 9.73. The average molecular weight is 456 g/mol. The van der Waals surface area contributed by atoms with Crippen LogP contribution in [0.5, 0.6) is 0 Å². The molecule has 0 aliphatic carbocycles. The molecule has 1 amide bonds. The summed E-state index contributed by atoms with van der Waals surface area (Å²) in [6.07, 6.45) is 3.60. The SMILES string of the molecule is C=CC(=O)N1CCC(C)(C)C[C-](C)C1.[Lr]. The molecule has 2 nitrogen and oxygen atoms in total. The third-order valence-electron chi connectivity index (χ3n) is 2.79. The van der Waals surface area contributed by atoms with Crippen molar-refractivity contribution in [2.75, 3.05) is 13.1 Å². The second-order valence-corrected chi connectivity index (χ2v) is 5.01. The van der Waals surface area contributed by atoms with Crippen molar-refractivity contribution in [3.63, 3.8) is 0 Å². The summed E-state index contributed by atoms with van der Waals surface area (Å²) in [5.74, 6) is 1.45. The fourth-order valence-electron chi connectivity index (χ4n) is 2.12. The summed E-state index contributed by atoms with van der Waals surface area (Å²) < 4.78 is 0. The van der Waals surface area contributed by atoms with Crippen molar-refractivity contribution in [2.45, 2.75) is 33.6 Å². The first-order valence-electron chi connectivity index (χ1n) is 5.17. The van der Waals surface area contributed by atoms with E-state index in [0.717, 1.165) is 25.9 Å². The predicted molar refractivity (Wildman–Crippen MR) is 58.7 cm³/mol. The maximum atomic E-state index is 11.5. The molecule has 0 atom stereocenters. The fourth-order valence-corrected chi connectivity index (χ4v) is 2.12. The minimum absolute atomic E-state index is 0. The van der Waals surface area contributed by atoms with Crippen molar-refractivity contribution < 1.29 is 4.79 Å². The van der Waals surface area contributed by atoms with E-state index >= 15 is 0 Å². The summed E-state index contributed by atoms with van der Waals surface area (Å²) in [6, 6.07) is 0. The van der Waals surface area contributed by atoms with E-state index in [9.17, 15) is 4.79 Å². The van der Waals surface area contributed by atoms with Gasteiger partial charge >= 0.3 is 0 Å². The van der Waals surface area contributed by atoms with Gasteiger partial charge in [-0.1, -0.05) is 25.8 Å². The molecule has 0 aromatic rings. The Hall–Kier alpha value is -1.79. The Morgan fingerprint density at radius 1 is 1.53 bits per heavy atom. The minimum Gasteiger partial charge on any atom is -0.369 e. The summed E-state index contributed by atoms with van der Waals surface area (Å²) in [5.41, 5.74) is 0.334. The molecule has 1 rings (SSSR count). The monoisotopic (exact) mass is 456 g/mol. The summed E-state index contributed by atoms with van der Waals surface area (Å²) >= 11 is 0. The van der Waals surface area contributed by atoms with Gasteiger partial charge in [-0.2, -0.15) is 13.3 Å². The molecular formula is C12H20LrNO-. The number of rotatable bonds is 1. The topological polar surface area (TPSA) is 20.3 Å². The molecule has 1 saturated heterocycles. The number of nitrogens with zero attached hydrogens (tertiary/aromatic N) is 1.